The Morgan fingerprint density at radius 2 is 2.03 bits per heavy atom. The number of aryl methyl sites for hydroxylation is 2. The van der Waals surface area contributed by atoms with E-state index < -0.39 is 0 Å². The van der Waals surface area contributed by atoms with E-state index in [9.17, 15) is 4.79 Å². The standard InChI is InChI=1S/C24H30N4O2/c1-18-6-4-7-19(16-18)22(28-12-14-30-15-13-28)17-25-24(29)11-5-10-23-26-20-8-2-3-9-21(20)27-23/h2-4,6-9,16,22H,5,10-15,17H2,1H3,(H,25,29)(H,26,27). The van der Waals surface area contributed by atoms with E-state index >= 15 is 0 Å². The van der Waals surface area contributed by atoms with Gasteiger partial charge in [-0.25, -0.2) is 4.98 Å². The van der Waals surface area contributed by atoms with Crippen LogP contribution >= 0.6 is 0 Å². The molecule has 0 bridgehead atoms. The Morgan fingerprint density at radius 1 is 1.20 bits per heavy atom. The molecule has 1 amide bonds. The van der Waals surface area contributed by atoms with Crippen LogP contribution in [0.1, 0.15) is 35.8 Å². The molecule has 2 aromatic carbocycles. The zero-order valence-corrected chi connectivity index (χ0v) is 17.6. The van der Waals surface area contributed by atoms with Crippen molar-refractivity contribution in [2.24, 2.45) is 0 Å². The number of rotatable bonds is 8. The highest BCUT2D eigenvalue weighted by atomic mass is 16.5. The van der Waals surface area contributed by atoms with E-state index in [0.29, 0.717) is 13.0 Å². The molecule has 1 atom stereocenters. The largest absolute Gasteiger partial charge is 0.379 e. The minimum absolute atomic E-state index is 0.0945. The van der Waals surface area contributed by atoms with Gasteiger partial charge in [-0.1, -0.05) is 42.0 Å². The Balaban J connectivity index is 1.30. The molecule has 0 saturated carbocycles. The molecule has 1 fully saturated rings. The van der Waals surface area contributed by atoms with Gasteiger partial charge < -0.3 is 15.0 Å². The SMILES string of the molecule is Cc1cccc(C(CNC(=O)CCCc2nc3ccccc3[nH]2)N2CCOCC2)c1. The molecule has 6 heteroatoms. The molecule has 6 nitrogen and oxygen atoms in total. The summed E-state index contributed by atoms with van der Waals surface area (Å²) in [6.07, 6.45) is 2.05. The first-order chi connectivity index (χ1) is 14.7. The number of benzene rings is 2. The van der Waals surface area contributed by atoms with Gasteiger partial charge in [0.1, 0.15) is 5.82 Å². The average Bonchev–Trinajstić information content (AvgIpc) is 3.17. The first kappa shape index (κ1) is 20.6. The second kappa shape index (κ2) is 9.87. The van der Waals surface area contributed by atoms with Crippen molar-refractivity contribution in [3.05, 3.63) is 65.5 Å². The summed E-state index contributed by atoms with van der Waals surface area (Å²) in [6.45, 7) is 5.99. The summed E-state index contributed by atoms with van der Waals surface area (Å²) in [5, 5.41) is 3.16. The topological polar surface area (TPSA) is 70.2 Å². The Hall–Kier alpha value is -2.70. The van der Waals surface area contributed by atoms with Gasteiger partial charge in [-0.15, -0.1) is 0 Å². The number of morpholine rings is 1. The van der Waals surface area contributed by atoms with E-state index in [1.807, 2.05) is 24.3 Å². The summed E-state index contributed by atoms with van der Waals surface area (Å²) in [6, 6.07) is 16.7. The first-order valence-corrected chi connectivity index (χ1v) is 10.8. The summed E-state index contributed by atoms with van der Waals surface area (Å²) in [5.41, 5.74) is 4.51. The molecule has 0 spiro atoms. The van der Waals surface area contributed by atoms with Crippen molar-refractivity contribution >= 4 is 16.9 Å². The summed E-state index contributed by atoms with van der Waals surface area (Å²) >= 11 is 0. The number of hydrogen-bond donors (Lipinski definition) is 2. The quantitative estimate of drug-likeness (QED) is 0.602. The summed E-state index contributed by atoms with van der Waals surface area (Å²) < 4.78 is 5.51. The lowest BCUT2D eigenvalue weighted by Gasteiger charge is -2.35. The van der Waals surface area contributed by atoms with Gasteiger partial charge in [-0.2, -0.15) is 0 Å². The van der Waals surface area contributed by atoms with Gasteiger partial charge in [0.25, 0.3) is 0 Å². The average molecular weight is 407 g/mol. The molecule has 1 aliphatic rings. The molecular weight excluding hydrogens is 376 g/mol. The molecule has 1 aromatic heterocycles. The summed E-state index contributed by atoms with van der Waals surface area (Å²) in [7, 11) is 0. The van der Waals surface area contributed by atoms with Crippen molar-refractivity contribution in [2.75, 3.05) is 32.8 Å². The molecular formula is C24H30N4O2. The van der Waals surface area contributed by atoms with Gasteiger partial charge in [0.2, 0.25) is 5.91 Å². The Bertz CT molecular complexity index is 945. The van der Waals surface area contributed by atoms with Crippen molar-refractivity contribution in [3.63, 3.8) is 0 Å². The van der Waals surface area contributed by atoms with Crippen LogP contribution in [0.3, 0.4) is 0 Å². The van der Waals surface area contributed by atoms with Crippen LogP contribution in [0.5, 0.6) is 0 Å². The third-order valence-corrected chi connectivity index (χ3v) is 5.66. The number of carbonyl (C=O) groups is 1. The molecule has 1 saturated heterocycles. The number of aromatic nitrogens is 2. The highest BCUT2D eigenvalue weighted by Gasteiger charge is 2.23. The van der Waals surface area contributed by atoms with Gasteiger partial charge in [0.05, 0.1) is 30.3 Å². The number of H-pyrrole nitrogens is 1. The molecule has 1 unspecified atom stereocenters. The number of para-hydroxylation sites is 2. The number of amides is 1. The number of fused-ring (bicyclic) bond motifs is 1. The first-order valence-electron chi connectivity index (χ1n) is 10.8. The van der Waals surface area contributed by atoms with Crippen LogP contribution in [0.15, 0.2) is 48.5 Å². The molecule has 0 aliphatic carbocycles. The second-order valence-corrected chi connectivity index (χ2v) is 7.94. The third kappa shape index (κ3) is 5.26. The lowest BCUT2D eigenvalue weighted by molar-refractivity contribution is -0.121. The third-order valence-electron chi connectivity index (χ3n) is 5.66. The van der Waals surface area contributed by atoms with E-state index in [0.717, 1.165) is 56.0 Å². The van der Waals surface area contributed by atoms with Crippen LogP contribution in [0.25, 0.3) is 11.0 Å². The molecule has 1 aliphatic heterocycles. The van der Waals surface area contributed by atoms with Crippen LogP contribution < -0.4 is 5.32 Å². The monoisotopic (exact) mass is 406 g/mol. The number of nitrogens with one attached hydrogen (secondary N) is 2. The van der Waals surface area contributed by atoms with E-state index in [1.54, 1.807) is 0 Å². The van der Waals surface area contributed by atoms with Crippen LogP contribution in [0.2, 0.25) is 0 Å². The number of aromatic amines is 1. The zero-order chi connectivity index (χ0) is 20.8. The van der Waals surface area contributed by atoms with Crippen LogP contribution in [-0.4, -0.2) is 53.6 Å². The lowest BCUT2D eigenvalue weighted by Crippen LogP contribution is -2.43. The molecule has 158 valence electrons. The highest BCUT2D eigenvalue weighted by Crippen LogP contribution is 2.22. The van der Waals surface area contributed by atoms with E-state index in [1.165, 1.54) is 11.1 Å². The van der Waals surface area contributed by atoms with E-state index in [4.69, 9.17) is 4.74 Å². The molecule has 0 radical (unpaired) electrons. The Kier molecular flexibility index (Phi) is 6.77. The van der Waals surface area contributed by atoms with Gasteiger partial charge in [-0.05, 0) is 31.0 Å². The van der Waals surface area contributed by atoms with E-state index in [2.05, 4.69) is 51.4 Å². The fraction of sp³-hybridized carbons (Fsp3) is 0.417. The molecule has 4 rings (SSSR count). The number of hydrogen-bond acceptors (Lipinski definition) is 4. The fourth-order valence-electron chi connectivity index (χ4n) is 4.06. The minimum Gasteiger partial charge on any atom is -0.379 e. The maximum Gasteiger partial charge on any atom is 0.220 e. The zero-order valence-electron chi connectivity index (χ0n) is 17.6. The summed E-state index contributed by atoms with van der Waals surface area (Å²) in [5.74, 6) is 1.03. The van der Waals surface area contributed by atoms with Crippen molar-refractivity contribution < 1.29 is 9.53 Å². The predicted molar refractivity (Wildman–Crippen MR) is 118 cm³/mol. The van der Waals surface area contributed by atoms with E-state index in [-0.39, 0.29) is 11.9 Å². The minimum atomic E-state index is 0.0945. The molecule has 3 aromatic rings. The van der Waals surface area contributed by atoms with Crippen molar-refractivity contribution in [1.29, 1.82) is 0 Å². The van der Waals surface area contributed by atoms with Crippen LogP contribution in [0.4, 0.5) is 0 Å². The maximum absolute atomic E-state index is 12.5. The van der Waals surface area contributed by atoms with Crippen LogP contribution in [0, 0.1) is 6.92 Å². The normalized spacial score (nSPS) is 15.9. The summed E-state index contributed by atoms with van der Waals surface area (Å²) in [4.78, 5) is 22.8. The molecule has 30 heavy (non-hydrogen) atoms. The lowest BCUT2D eigenvalue weighted by atomic mass is 10.0. The van der Waals surface area contributed by atoms with Gasteiger partial charge in [0.15, 0.2) is 0 Å². The van der Waals surface area contributed by atoms with Crippen LogP contribution in [-0.2, 0) is 16.0 Å². The number of carbonyl (C=O) groups excluding carboxylic acids is 1. The Morgan fingerprint density at radius 3 is 2.83 bits per heavy atom. The fourth-order valence-corrected chi connectivity index (χ4v) is 4.06. The number of ether oxygens (including phenoxy) is 1. The maximum atomic E-state index is 12.5. The van der Waals surface area contributed by atoms with Gasteiger partial charge in [-0.3, -0.25) is 9.69 Å². The number of imidazole rings is 1. The van der Waals surface area contributed by atoms with Gasteiger partial charge >= 0.3 is 0 Å². The Labute approximate surface area is 177 Å². The van der Waals surface area contributed by atoms with Crippen molar-refractivity contribution in [1.82, 2.24) is 20.2 Å². The highest BCUT2D eigenvalue weighted by molar-refractivity contribution is 5.76. The predicted octanol–water partition coefficient (Wildman–Crippen LogP) is 3.38. The number of nitrogens with zero attached hydrogens (tertiary/aromatic N) is 2. The van der Waals surface area contributed by atoms with Crippen molar-refractivity contribution in [3.8, 4) is 0 Å². The van der Waals surface area contributed by atoms with Crippen molar-refractivity contribution in [2.45, 2.75) is 32.2 Å². The second-order valence-electron chi connectivity index (χ2n) is 7.94. The molecule has 2 N–H and O–H groups in total. The smallest absolute Gasteiger partial charge is 0.220 e. The van der Waals surface area contributed by atoms with Gasteiger partial charge in [0, 0.05) is 32.5 Å². The molecule has 2 heterocycles.